The molecule has 3 nitrogen and oxygen atoms in total. The van der Waals surface area contributed by atoms with Gasteiger partial charge in [0.25, 0.3) is 0 Å². The van der Waals surface area contributed by atoms with E-state index in [0.717, 1.165) is 34.6 Å². The third-order valence-electron chi connectivity index (χ3n) is 5.00. The molecule has 0 amide bonds. The molecule has 0 aromatic heterocycles. The number of hydrogen-bond acceptors (Lipinski definition) is 3. The van der Waals surface area contributed by atoms with Crippen molar-refractivity contribution in [3.8, 4) is 0 Å². The number of anilines is 2. The van der Waals surface area contributed by atoms with Crippen molar-refractivity contribution < 1.29 is 4.79 Å². The van der Waals surface area contributed by atoms with Crippen LogP contribution < -0.4 is 10.6 Å². The van der Waals surface area contributed by atoms with E-state index in [4.69, 9.17) is 23.2 Å². The van der Waals surface area contributed by atoms with Crippen molar-refractivity contribution in [2.75, 3.05) is 10.6 Å². The van der Waals surface area contributed by atoms with Gasteiger partial charge in [-0.25, -0.2) is 0 Å². The van der Waals surface area contributed by atoms with E-state index in [1.54, 1.807) is 6.07 Å². The number of hydrogen-bond donors (Lipinski definition) is 2. The zero-order valence-corrected chi connectivity index (χ0v) is 16.2. The molecule has 0 saturated carbocycles. The number of carbonyl (C=O) groups excluding carboxylic acids is 1. The first kappa shape index (κ1) is 17.4. The molecule has 2 aromatic carbocycles. The minimum atomic E-state index is -0.264. The number of benzene rings is 2. The summed E-state index contributed by atoms with van der Waals surface area (Å²) in [5, 5.41) is 8.04. The molecule has 2 aromatic rings. The van der Waals surface area contributed by atoms with E-state index in [-0.39, 0.29) is 17.2 Å². The summed E-state index contributed by atoms with van der Waals surface area (Å²) >= 11 is 12.3. The Hall–Kier alpha value is -1.97. The van der Waals surface area contributed by atoms with Crippen molar-refractivity contribution in [1.82, 2.24) is 0 Å². The Morgan fingerprint density at radius 3 is 2.46 bits per heavy atom. The summed E-state index contributed by atoms with van der Waals surface area (Å²) in [6.45, 7) is 4.27. The topological polar surface area (TPSA) is 41.1 Å². The highest BCUT2D eigenvalue weighted by Gasteiger charge is 2.38. The number of ketones is 1. The number of nitrogens with one attached hydrogen (secondary N) is 2. The lowest BCUT2D eigenvalue weighted by Gasteiger charge is -2.34. The van der Waals surface area contributed by atoms with Gasteiger partial charge in [0.2, 0.25) is 0 Å². The summed E-state index contributed by atoms with van der Waals surface area (Å²) in [5.41, 5.74) is 4.58. The van der Waals surface area contributed by atoms with Gasteiger partial charge in [0.05, 0.1) is 27.5 Å². The first-order valence-corrected chi connectivity index (χ1v) is 9.43. The van der Waals surface area contributed by atoms with Gasteiger partial charge in [-0.3, -0.25) is 4.79 Å². The average molecular weight is 387 g/mol. The maximum absolute atomic E-state index is 13.1. The van der Waals surface area contributed by atoms with Gasteiger partial charge in [0.1, 0.15) is 0 Å². The van der Waals surface area contributed by atoms with Crippen LogP contribution in [0.3, 0.4) is 0 Å². The fourth-order valence-corrected chi connectivity index (χ4v) is 4.14. The van der Waals surface area contributed by atoms with E-state index in [0.29, 0.717) is 16.5 Å². The molecule has 1 unspecified atom stereocenters. The van der Waals surface area contributed by atoms with E-state index in [1.807, 2.05) is 36.4 Å². The minimum absolute atomic E-state index is 0.0651. The molecule has 1 aliphatic carbocycles. The Morgan fingerprint density at radius 1 is 1.00 bits per heavy atom. The molecule has 0 saturated heterocycles. The first-order valence-electron chi connectivity index (χ1n) is 8.68. The average Bonchev–Trinajstić information content (AvgIpc) is 2.72. The molecule has 134 valence electrons. The number of para-hydroxylation sites is 2. The molecular formula is C21H20Cl2N2O. The van der Waals surface area contributed by atoms with Crippen molar-refractivity contribution in [3.05, 3.63) is 69.3 Å². The Balaban J connectivity index is 1.89. The van der Waals surface area contributed by atoms with Gasteiger partial charge < -0.3 is 10.6 Å². The molecule has 1 aliphatic heterocycles. The van der Waals surface area contributed by atoms with Crippen LogP contribution in [0, 0.1) is 5.41 Å². The van der Waals surface area contributed by atoms with Gasteiger partial charge in [-0.15, -0.1) is 0 Å². The molecule has 0 spiro atoms. The summed E-state index contributed by atoms with van der Waals surface area (Å²) < 4.78 is 0. The highest BCUT2D eigenvalue weighted by molar-refractivity contribution is 6.42. The molecule has 4 rings (SSSR count). The molecule has 26 heavy (non-hydrogen) atoms. The third kappa shape index (κ3) is 3.10. The Labute approximate surface area is 163 Å². The van der Waals surface area contributed by atoms with Crippen molar-refractivity contribution in [3.63, 3.8) is 0 Å². The number of halogens is 2. The summed E-state index contributed by atoms with van der Waals surface area (Å²) in [6.07, 6.45) is 1.35. The summed E-state index contributed by atoms with van der Waals surface area (Å²) in [4.78, 5) is 13.1. The van der Waals surface area contributed by atoms with Crippen LogP contribution in [0.15, 0.2) is 53.7 Å². The molecule has 2 aliphatic rings. The van der Waals surface area contributed by atoms with Crippen molar-refractivity contribution in [2.45, 2.75) is 32.7 Å². The van der Waals surface area contributed by atoms with Gasteiger partial charge in [0.15, 0.2) is 5.78 Å². The first-order chi connectivity index (χ1) is 12.3. The van der Waals surface area contributed by atoms with Gasteiger partial charge in [-0.1, -0.05) is 55.2 Å². The molecule has 2 N–H and O–H groups in total. The smallest absolute Gasteiger partial charge is 0.163 e. The molecular weight excluding hydrogens is 367 g/mol. The lowest BCUT2D eigenvalue weighted by atomic mass is 9.73. The minimum Gasteiger partial charge on any atom is -0.372 e. The summed E-state index contributed by atoms with van der Waals surface area (Å²) in [5.74, 6) is 0.167. The largest absolute Gasteiger partial charge is 0.372 e. The Kier molecular flexibility index (Phi) is 4.25. The SMILES string of the molecule is CC1(C)CC(=O)C2=C(C1)Nc1ccccc1NC2c1ccc(Cl)c(Cl)c1. The van der Waals surface area contributed by atoms with Crippen LogP contribution in [0.4, 0.5) is 11.4 Å². The molecule has 5 heteroatoms. The third-order valence-corrected chi connectivity index (χ3v) is 5.74. The van der Waals surface area contributed by atoms with Crippen molar-refractivity contribution in [2.24, 2.45) is 5.41 Å². The lowest BCUT2D eigenvalue weighted by molar-refractivity contribution is -0.118. The molecule has 1 atom stereocenters. The van der Waals surface area contributed by atoms with Crippen LogP contribution in [0.5, 0.6) is 0 Å². The second-order valence-electron chi connectivity index (χ2n) is 7.75. The highest BCUT2D eigenvalue weighted by atomic mass is 35.5. The second kappa shape index (κ2) is 6.33. The fourth-order valence-electron chi connectivity index (χ4n) is 3.83. The lowest BCUT2D eigenvalue weighted by Crippen LogP contribution is -2.31. The zero-order chi connectivity index (χ0) is 18.5. The van der Waals surface area contributed by atoms with Crippen LogP contribution in [-0.4, -0.2) is 5.78 Å². The quantitative estimate of drug-likeness (QED) is 0.611. The van der Waals surface area contributed by atoms with E-state index < -0.39 is 0 Å². The molecule has 0 radical (unpaired) electrons. The normalized spacial score (nSPS) is 21.2. The van der Waals surface area contributed by atoms with Crippen LogP contribution in [0.1, 0.15) is 38.3 Å². The van der Waals surface area contributed by atoms with Gasteiger partial charge in [-0.05, 0) is 41.7 Å². The van der Waals surface area contributed by atoms with Gasteiger partial charge in [-0.2, -0.15) is 0 Å². The molecule has 1 heterocycles. The van der Waals surface area contributed by atoms with Crippen LogP contribution in [0.25, 0.3) is 0 Å². The number of fused-ring (bicyclic) bond motifs is 1. The van der Waals surface area contributed by atoms with Crippen LogP contribution in [0.2, 0.25) is 10.0 Å². The standard InChI is InChI=1S/C21H20Cl2N2O/c1-21(2)10-17-19(18(26)11-21)20(12-7-8-13(22)14(23)9-12)25-16-6-4-3-5-15(16)24-17/h3-9,20,24-25H,10-11H2,1-2H3. The number of Topliss-reactive ketones (excluding diaryl/α,β-unsaturated/α-hetero) is 1. The number of rotatable bonds is 1. The Morgan fingerprint density at radius 2 is 1.73 bits per heavy atom. The summed E-state index contributed by atoms with van der Waals surface area (Å²) in [6, 6.07) is 13.3. The number of carbonyl (C=O) groups is 1. The predicted octanol–water partition coefficient (Wildman–Crippen LogP) is 6.22. The maximum atomic E-state index is 13.1. The predicted molar refractivity (Wildman–Crippen MR) is 108 cm³/mol. The van der Waals surface area contributed by atoms with E-state index in [9.17, 15) is 4.79 Å². The Bertz CT molecular complexity index is 933. The van der Waals surface area contributed by atoms with E-state index >= 15 is 0 Å². The number of allylic oxidation sites excluding steroid dienone is 1. The van der Waals surface area contributed by atoms with Crippen molar-refractivity contribution in [1.29, 1.82) is 0 Å². The fraction of sp³-hybridized carbons (Fsp3) is 0.286. The second-order valence-corrected chi connectivity index (χ2v) is 8.57. The van der Waals surface area contributed by atoms with Crippen LogP contribution in [-0.2, 0) is 4.79 Å². The van der Waals surface area contributed by atoms with E-state index in [1.165, 1.54) is 0 Å². The maximum Gasteiger partial charge on any atom is 0.163 e. The molecule has 0 bridgehead atoms. The summed E-state index contributed by atoms with van der Waals surface area (Å²) in [7, 11) is 0. The zero-order valence-electron chi connectivity index (χ0n) is 14.7. The molecule has 0 fully saturated rings. The van der Waals surface area contributed by atoms with Crippen molar-refractivity contribution >= 4 is 40.4 Å². The highest BCUT2D eigenvalue weighted by Crippen LogP contribution is 2.45. The van der Waals surface area contributed by atoms with Gasteiger partial charge >= 0.3 is 0 Å². The van der Waals surface area contributed by atoms with Crippen LogP contribution >= 0.6 is 23.2 Å². The van der Waals surface area contributed by atoms with E-state index in [2.05, 4.69) is 24.5 Å². The van der Waals surface area contributed by atoms with Gasteiger partial charge in [0, 0.05) is 17.7 Å². The monoisotopic (exact) mass is 386 g/mol.